The van der Waals surface area contributed by atoms with Crippen LogP contribution >= 0.6 is 23.2 Å². The topological polar surface area (TPSA) is 89.3 Å². The average molecular weight is 592 g/mol. The predicted molar refractivity (Wildman–Crippen MR) is 158 cm³/mol. The van der Waals surface area contributed by atoms with Gasteiger partial charge in [0.05, 0.1) is 21.2 Å². The molecule has 0 atom stereocenters. The summed E-state index contributed by atoms with van der Waals surface area (Å²) in [4.78, 5) is 16.4. The number of carbonyl (C=O) groups is 1. The lowest BCUT2D eigenvalue weighted by molar-refractivity contribution is 0.0697. The third-order valence-corrected chi connectivity index (χ3v) is 8.19. The minimum absolute atomic E-state index is 0.227. The van der Waals surface area contributed by atoms with E-state index in [1.165, 1.54) is 6.26 Å². The molecule has 9 heteroatoms. The molecule has 0 saturated carbocycles. The van der Waals surface area contributed by atoms with Gasteiger partial charge in [0.1, 0.15) is 5.82 Å². The van der Waals surface area contributed by atoms with E-state index in [1.807, 2.05) is 47.2 Å². The van der Waals surface area contributed by atoms with Crippen LogP contribution in [0.4, 0.5) is 0 Å². The highest BCUT2D eigenvalue weighted by molar-refractivity contribution is 7.90. The van der Waals surface area contributed by atoms with Crippen molar-refractivity contribution in [1.29, 1.82) is 0 Å². The summed E-state index contributed by atoms with van der Waals surface area (Å²) >= 11 is 12.6. The van der Waals surface area contributed by atoms with Crippen molar-refractivity contribution in [3.63, 3.8) is 0 Å². The van der Waals surface area contributed by atoms with Crippen LogP contribution < -0.4 is 0 Å². The fourth-order valence-electron chi connectivity index (χ4n) is 4.41. The fourth-order valence-corrected chi connectivity index (χ4v) is 5.58. The van der Waals surface area contributed by atoms with Gasteiger partial charge in [-0.3, -0.25) is 0 Å². The molecule has 6 nitrogen and oxygen atoms in total. The number of benzene rings is 4. The molecule has 0 aliphatic heterocycles. The van der Waals surface area contributed by atoms with Crippen molar-refractivity contribution in [3.8, 4) is 22.4 Å². The molecule has 0 bridgehead atoms. The Labute approximate surface area is 242 Å². The maximum Gasteiger partial charge on any atom is 0.335 e. The van der Waals surface area contributed by atoms with Gasteiger partial charge < -0.3 is 9.67 Å². The summed E-state index contributed by atoms with van der Waals surface area (Å²) in [6.07, 6.45) is 3.66. The third-order valence-electron chi connectivity index (χ3n) is 6.53. The molecule has 5 rings (SSSR count). The number of aromatic nitrogens is 2. The Bertz CT molecular complexity index is 1810. The van der Waals surface area contributed by atoms with E-state index in [4.69, 9.17) is 28.2 Å². The molecular formula is C31H24Cl2N2O4S. The highest BCUT2D eigenvalue weighted by Crippen LogP contribution is 2.31. The maximum atomic E-state index is 12.0. The Balaban J connectivity index is 1.46. The number of hydrogen-bond donors (Lipinski definition) is 1. The van der Waals surface area contributed by atoms with Crippen molar-refractivity contribution in [3.05, 3.63) is 130 Å². The molecule has 1 heterocycles. The molecule has 0 saturated heterocycles. The standard InChI is InChI=1S/C31H24Cl2N2O4S/c1-40(38,39)26-4-2-3-24(16-26)22-9-5-20(6-10-22)15-30-34-29(27-14-13-25(32)17-28(27)33)19-35(30)18-21-7-11-23(12-8-21)31(36)37/h2-14,16-17,19H,15,18H2,1H3,(H,36,37). The Kier molecular flexibility index (Phi) is 7.81. The molecule has 5 aromatic rings. The van der Waals surface area contributed by atoms with Crippen molar-refractivity contribution in [1.82, 2.24) is 9.55 Å². The zero-order valence-electron chi connectivity index (χ0n) is 21.4. The smallest absolute Gasteiger partial charge is 0.335 e. The van der Waals surface area contributed by atoms with Crippen molar-refractivity contribution in [2.24, 2.45) is 0 Å². The van der Waals surface area contributed by atoms with E-state index >= 15 is 0 Å². The van der Waals surface area contributed by atoms with Crippen LogP contribution in [0.15, 0.2) is 102 Å². The van der Waals surface area contributed by atoms with E-state index < -0.39 is 15.8 Å². The van der Waals surface area contributed by atoms with Gasteiger partial charge in [0.2, 0.25) is 0 Å². The number of rotatable bonds is 8. The Hall–Kier alpha value is -3.91. The maximum absolute atomic E-state index is 12.0. The van der Waals surface area contributed by atoms with Crippen LogP contribution in [0.1, 0.15) is 27.3 Å². The molecule has 0 unspecified atom stereocenters. The largest absolute Gasteiger partial charge is 0.478 e. The molecule has 1 aromatic heterocycles. The molecular weight excluding hydrogens is 567 g/mol. The van der Waals surface area contributed by atoms with Gasteiger partial charge in [0.15, 0.2) is 9.84 Å². The van der Waals surface area contributed by atoms with Crippen molar-refractivity contribution < 1.29 is 18.3 Å². The molecule has 40 heavy (non-hydrogen) atoms. The van der Waals surface area contributed by atoms with Gasteiger partial charge in [-0.2, -0.15) is 0 Å². The monoisotopic (exact) mass is 590 g/mol. The molecule has 0 radical (unpaired) electrons. The van der Waals surface area contributed by atoms with Crippen LogP contribution in [0.25, 0.3) is 22.4 Å². The first kappa shape index (κ1) is 27.6. The molecule has 0 fully saturated rings. The molecule has 1 N–H and O–H groups in total. The number of nitrogens with zero attached hydrogens (tertiary/aromatic N) is 2. The second-order valence-electron chi connectivity index (χ2n) is 9.47. The number of imidazole rings is 1. The lowest BCUT2D eigenvalue weighted by atomic mass is 10.0. The third kappa shape index (κ3) is 6.28. The van der Waals surface area contributed by atoms with E-state index in [1.54, 1.807) is 54.6 Å². The van der Waals surface area contributed by atoms with Gasteiger partial charge >= 0.3 is 5.97 Å². The number of aromatic carboxylic acids is 1. The van der Waals surface area contributed by atoms with Gasteiger partial charge in [0.25, 0.3) is 0 Å². The molecule has 0 amide bonds. The molecule has 202 valence electrons. The van der Waals surface area contributed by atoms with Gasteiger partial charge in [-0.25, -0.2) is 18.2 Å². The summed E-state index contributed by atoms with van der Waals surface area (Å²) in [5, 5.41) is 10.3. The summed E-state index contributed by atoms with van der Waals surface area (Å²) < 4.78 is 26.0. The lowest BCUT2D eigenvalue weighted by Gasteiger charge is -2.10. The van der Waals surface area contributed by atoms with Crippen LogP contribution in [0.2, 0.25) is 10.0 Å². The molecule has 0 spiro atoms. The summed E-state index contributed by atoms with van der Waals surface area (Å²) in [5.41, 5.74) is 5.36. The summed E-state index contributed by atoms with van der Waals surface area (Å²) in [7, 11) is -3.30. The second-order valence-corrected chi connectivity index (χ2v) is 12.3. The number of carboxylic acid groups (broad SMARTS) is 1. The Morgan fingerprint density at radius 1 is 0.875 bits per heavy atom. The van der Waals surface area contributed by atoms with E-state index in [-0.39, 0.29) is 10.5 Å². The van der Waals surface area contributed by atoms with Crippen LogP contribution in [0.3, 0.4) is 0 Å². The SMILES string of the molecule is CS(=O)(=O)c1cccc(-c2ccc(Cc3nc(-c4ccc(Cl)cc4Cl)cn3Cc3ccc(C(=O)O)cc3)cc2)c1. The van der Waals surface area contributed by atoms with Gasteiger partial charge in [-0.05, 0) is 64.7 Å². The lowest BCUT2D eigenvalue weighted by Crippen LogP contribution is -2.05. The van der Waals surface area contributed by atoms with Crippen molar-refractivity contribution in [2.75, 3.05) is 6.26 Å². The van der Waals surface area contributed by atoms with Crippen LogP contribution in [0.5, 0.6) is 0 Å². The first-order valence-electron chi connectivity index (χ1n) is 12.3. The summed E-state index contributed by atoms with van der Waals surface area (Å²) in [5.74, 6) is -0.170. The second kappa shape index (κ2) is 11.3. The molecule has 0 aliphatic rings. The minimum atomic E-state index is -3.30. The summed E-state index contributed by atoms with van der Waals surface area (Å²) in [6, 6.07) is 26.9. The van der Waals surface area contributed by atoms with Crippen molar-refractivity contribution in [2.45, 2.75) is 17.9 Å². The quantitative estimate of drug-likeness (QED) is 0.205. The zero-order chi connectivity index (χ0) is 28.4. The predicted octanol–water partition coefficient (Wildman–Crippen LogP) is 7.26. The average Bonchev–Trinajstić information content (AvgIpc) is 3.30. The number of sulfone groups is 1. The highest BCUT2D eigenvalue weighted by Gasteiger charge is 2.15. The molecule has 4 aromatic carbocycles. The van der Waals surface area contributed by atoms with Gasteiger partial charge in [0, 0.05) is 36.0 Å². The fraction of sp³-hybridized carbons (Fsp3) is 0.0968. The minimum Gasteiger partial charge on any atom is -0.478 e. The normalized spacial score (nSPS) is 11.5. The Morgan fingerprint density at radius 2 is 1.57 bits per heavy atom. The first-order valence-corrected chi connectivity index (χ1v) is 14.9. The van der Waals surface area contributed by atoms with E-state index in [2.05, 4.69) is 0 Å². The number of hydrogen-bond acceptors (Lipinski definition) is 4. The molecule has 0 aliphatic carbocycles. The highest BCUT2D eigenvalue weighted by atomic mass is 35.5. The van der Waals surface area contributed by atoms with Crippen LogP contribution in [0, 0.1) is 0 Å². The van der Waals surface area contributed by atoms with Crippen LogP contribution in [-0.2, 0) is 22.8 Å². The van der Waals surface area contributed by atoms with E-state index in [9.17, 15) is 18.3 Å². The number of carboxylic acids is 1. The van der Waals surface area contributed by atoms with E-state index in [0.717, 1.165) is 33.6 Å². The van der Waals surface area contributed by atoms with Crippen LogP contribution in [-0.4, -0.2) is 35.3 Å². The van der Waals surface area contributed by atoms with Crippen molar-refractivity contribution >= 4 is 39.0 Å². The first-order chi connectivity index (χ1) is 19.1. The summed E-state index contributed by atoms with van der Waals surface area (Å²) in [6.45, 7) is 0.490. The Morgan fingerprint density at radius 3 is 2.23 bits per heavy atom. The van der Waals surface area contributed by atoms with Gasteiger partial charge in [-0.1, -0.05) is 71.7 Å². The zero-order valence-corrected chi connectivity index (χ0v) is 23.7. The van der Waals surface area contributed by atoms with E-state index in [0.29, 0.717) is 28.7 Å². The van der Waals surface area contributed by atoms with Gasteiger partial charge in [-0.15, -0.1) is 0 Å². The number of halogens is 2.